The Bertz CT molecular complexity index is 722. The summed E-state index contributed by atoms with van der Waals surface area (Å²) in [6.07, 6.45) is 0. The van der Waals surface area contributed by atoms with Gasteiger partial charge < -0.3 is 20.3 Å². The van der Waals surface area contributed by atoms with Crippen LogP contribution in [0.15, 0.2) is 0 Å². The van der Waals surface area contributed by atoms with Gasteiger partial charge in [-0.15, -0.1) is 0 Å². The van der Waals surface area contributed by atoms with Gasteiger partial charge in [0.1, 0.15) is 0 Å². The number of hydrogen-bond acceptors (Lipinski definition) is 7. The van der Waals surface area contributed by atoms with Crippen LogP contribution in [0.2, 0.25) is 16.6 Å². The van der Waals surface area contributed by atoms with Crippen LogP contribution < -0.4 is 4.80 Å². The van der Waals surface area contributed by atoms with Crippen LogP contribution in [0.25, 0.3) is 0 Å². The molecule has 1 aliphatic heterocycles. The average Bonchev–Trinajstić information content (AvgIpc) is 2.63. The number of halogens is 3. The Morgan fingerprint density at radius 3 is 0.825 bits per heavy atom. The fourth-order valence-electron chi connectivity index (χ4n) is 4.03. The Morgan fingerprint density at radius 1 is 0.625 bits per heavy atom. The molecule has 0 aliphatic carbocycles. The van der Waals surface area contributed by atoms with E-state index in [0.29, 0.717) is 16.6 Å². The smallest absolute Gasteiger partial charge is 0.485 e. The fourth-order valence-corrected chi connectivity index (χ4v) is 8.03. The van der Waals surface area contributed by atoms with Crippen LogP contribution in [-0.2, 0) is 42.1 Å². The second-order valence-corrected chi connectivity index (χ2v) is 20.3. The van der Waals surface area contributed by atoms with E-state index >= 15 is 0 Å². The molecular formula is C25H54F3MoN3O6SSi-6. The van der Waals surface area contributed by atoms with E-state index in [9.17, 15) is 18.0 Å². The first-order chi connectivity index (χ1) is 15.9. The summed E-state index contributed by atoms with van der Waals surface area (Å²) in [5, 5.41) is 0. The molecule has 248 valence electrons. The van der Waals surface area contributed by atoms with Crippen LogP contribution in [0.1, 0.15) is 104 Å². The second-order valence-electron chi connectivity index (χ2n) is 13.8. The van der Waals surface area contributed by atoms with E-state index in [1.165, 1.54) is 0 Å². The van der Waals surface area contributed by atoms with Gasteiger partial charge in [0.05, 0.1) is 20.0 Å². The van der Waals surface area contributed by atoms with E-state index < -0.39 is 23.9 Å². The van der Waals surface area contributed by atoms with Crippen LogP contribution in [0.3, 0.4) is 0 Å². The normalized spacial score (nSPS) is 16.7. The maximum absolute atomic E-state index is 12.3. The van der Waals surface area contributed by atoms with Gasteiger partial charge in [-0.25, -0.2) is 8.42 Å². The zero-order valence-corrected chi connectivity index (χ0v) is 30.9. The van der Waals surface area contributed by atoms with E-state index in [0.717, 1.165) is 20.0 Å². The SMILES string of the molecule is CC(C)(C)N1CN(C(C)(C)C)CN(C(C)(C)C)C1.CC(C)[Si]([O-])(C(C)C)C(C)C.O=S(=O)([O-])C(F)(F)F.[Mo].[O-2].[O-2]. The average molecular weight is 706 g/mol. The van der Waals surface area contributed by atoms with Crippen molar-refractivity contribution in [2.24, 2.45) is 0 Å². The minimum atomic E-state index is -6.09. The molecule has 0 unspecified atom stereocenters. The molecule has 0 saturated carbocycles. The predicted octanol–water partition coefficient (Wildman–Crippen LogP) is 5.51. The minimum Gasteiger partial charge on any atom is -2.00 e. The minimum absolute atomic E-state index is 0. The molecule has 40 heavy (non-hydrogen) atoms. The third-order valence-corrected chi connectivity index (χ3v) is 12.8. The third kappa shape index (κ3) is 16.3. The van der Waals surface area contributed by atoms with Crippen molar-refractivity contribution in [3.63, 3.8) is 0 Å². The van der Waals surface area contributed by atoms with Gasteiger partial charge in [0.15, 0.2) is 10.1 Å². The van der Waals surface area contributed by atoms with Crippen LogP contribution in [0.4, 0.5) is 13.2 Å². The van der Waals surface area contributed by atoms with Crippen LogP contribution in [-0.4, -0.2) is 78.1 Å². The standard InChI is InChI=1S/C15H33N3.C9H21OSi.CHF3O3S.Mo.2O/c1-13(2,3)16-10-17(14(4,5)6)12-18(11-16)15(7,8)9;1-7(2)11(10,8(3)4)9(5)6;2-1(3,4)8(5,6)7;;;/h10-12H2,1-9H3;7-9H,1-6H3;(H,5,6,7);;;/q;-1;;;2*-2/p-1. The summed E-state index contributed by atoms with van der Waals surface area (Å²) >= 11 is 0. The van der Waals surface area contributed by atoms with Crippen LogP contribution in [0.5, 0.6) is 0 Å². The predicted molar refractivity (Wildman–Crippen MR) is 148 cm³/mol. The summed E-state index contributed by atoms with van der Waals surface area (Å²) < 4.78 is 58.9. The zero-order chi connectivity index (χ0) is 30.6. The molecule has 0 spiro atoms. The topological polar surface area (TPSA) is 147 Å². The molecule has 1 heterocycles. The Balaban J connectivity index is -0.000000161. The molecule has 1 fully saturated rings. The van der Waals surface area contributed by atoms with E-state index in [-0.39, 0.29) is 48.6 Å². The largest absolute Gasteiger partial charge is 2.00 e. The van der Waals surface area contributed by atoms with Crippen molar-refractivity contribution in [1.82, 2.24) is 14.7 Å². The van der Waals surface area contributed by atoms with Gasteiger partial charge in [0.2, 0.25) is 0 Å². The molecule has 1 saturated heterocycles. The van der Waals surface area contributed by atoms with Gasteiger partial charge in [-0.05, 0) is 70.6 Å². The molecule has 0 aromatic rings. The molecule has 1 aliphatic rings. The Hall–Kier alpha value is 0.365. The molecule has 0 radical (unpaired) electrons. The van der Waals surface area contributed by atoms with Crippen molar-refractivity contribution in [3.05, 3.63) is 0 Å². The van der Waals surface area contributed by atoms with Gasteiger partial charge in [-0.1, -0.05) is 58.2 Å². The Morgan fingerprint density at radius 2 is 0.775 bits per heavy atom. The van der Waals surface area contributed by atoms with Gasteiger partial charge in [0.25, 0.3) is 0 Å². The Labute approximate surface area is 258 Å². The van der Waals surface area contributed by atoms with Crippen molar-refractivity contribution >= 4 is 18.4 Å². The number of alkyl halides is 3. The summed E-state index contributed by atoms with van der Waals surface area (Å²) in [7, 11) is -8.32. The molecule has 0 amide bonds. The van der Waals surface area contributed by atoms with E-state index in [4.69, 9.17) is 13.0 Å². The number of rotatable bonds is 3. The number of hydrogen-bond donors (Lipinski definition) is 0. The van der Waals surface area contributed by atoms with E-state index in [2.05, 4.69) is 119 Å². The van der Waals surface area contributed by atoms with E-state index in [1.54, 1.807) is 0 Å². The molecule has 0 aromatic heterocycles. The summed E-state index contributed by atoms with van der Waals surface area (Å²) in [6, 6.07) is 0. The molecule has 0 atom stereocenters. The zero-order valence-electron chi connectivity index (χ0n) is 27.1. The van der Waals surface area contributed by atoms with Gasteiger partial charge >= 0.3 is 5.51 Å². The summed E-state index contributed by atoms with van der Waals surface area (Å²) in [5.41, 5.74) is -3.91. The first-order valence-corrected chi connectivity index (χ1v) is 16.4. The van der Waals surface area contributed by atoms with E-state index in [1.807, 2.05) is 0 Å². The molecule has 1 rings (SSSR count). The Kier molecular flexibility index (Phi) is 22.0. The van der Waals surface area contributed by atoms with Gasteiger partial charge in [-0.2, -0.15) is 13.2 Å². The third-order valence-electron chi connectivity index (χ3n) is 6.86. The molecule has 0 bridgehead atoms. The van der Waals surface area contributed by atoms with Crippen LogP contribution >= 0.6 is 0 Å². The maximum Gasteiger partial charge on any atom is 0.485 e. The van der Waals surface area contributed by atoms with Crippen molar-refractivity contribution < 1.29 is 63.0 Å². The fraction of sp³-hybridized carbons (Fsp3) is 1.00. The van der Waals surface area contributed by atoms with Crippen molar-refractivity contribution in [1.29, 1.82) is 0 Å². The van der Waals surface area contributed by atoms with Crippen molar-refractivity contribution in [3.8, 4) is 0 Å². The summed E-state index contributed by atoms with van der Waals surface area (Å²) in [5.74, 6) is 0. The maximum atomic E-state index is 12.3. The molecule has 15 heteroatoms. The second kappa shape index (κ2) is 17.6. The van der Waals surface area contributed by atoms with Crippen molar-refractivity contribution in [2.75, 3.05) is 20.0 Å². The molecule has 0 N–H and O–H groups in total. The van der Waals surface area contributed by atoms with Crippen LogP contribution in [0, 0.1) is 0 Å². The summed E-state index contributed by atoms with van der Waals surface area (Å²) in [6.45, 7) is 36.4. The first-order valence-electron chi connectivity index (χ1n) is 12.9. The molecule has 0 aromatic carbocycles. The molecule has 9 nitrogen and oxygen atoms in total. The van der Waals surface area contributed by atoms with Gasteiger partial charge in [0, 0.05) is 37.7 Å². The first kappa shape index (κ1) is 50.0. The van der Waals surface area contributed by atoms with Gasteiger partial charge in [-0.3, -0.25) is 14.7 Å². The van der Waals surface area contributed by atoms with Crippen molar-refractivity contribution in [2.45, 2.75) is 143 Å². The number of nitrogens with zero attached hydrogens (tertiary/aromatic N) is 3. The quantitative estimate of drug-likeness (QED) is 0.214. The molecular weight excluding hydrogens is 651 g/mol. The monoisotopic (exact) mass is 707 g/mol. The summed E-state index contributed by atoms with van der Waals surface area (Å²) in [4.78, 5) is 20.0.